The Labute approximate surface area is 122 Å². The molecule has 1 aromatic carbocycles. The number of methoxy groups -OCH3 is 3. The molecule has 2 rings (SSSR count). The van der Waals surface area contributed by atoms with Crippen LogP contribution in [0.2, 0.25) is 0 Å². The highest BCUT2D eigenvalue weighted by Crippen LogP contribution is 2.41. The molecule has 1 heterocycles. The quantitative estimate of drug-likeness (QED) is 0.869. The van der Waals surface area contributed by atoms with Gasteiger partial charge in [0, 0.05) is 30.1 Å². The summed E-state index contributed by atoms with van der Waals surface area (Å²) in [6.07, 6.45) is 2.97. The third-order valence-electron chi connectivity index (χ3n) is 2.71. The van der Waals surface area contributed by atoms with Crippen molar-refractivity contribution < 1.29 is 24.1 Å². The molecule has 0 aliphatic rings. The minimum atomic E-state index is -0.121. The van der Waals surface area contributed by atoms with E-state index in [1.165, 1.54) is 33.7 Å². The van der Waals surface area contributed by atoms with Crippen LogP contribution in [-0.4, -0.2) is 36.4 Å². The van der Waals surface area contributed by atoms with Gasteiger partial charge in [-0.25, -0.2) is 9.97 Å². The molecule has 0 saturated heterocycles. The standard InChI is InChI=1S/C14H16N2O5/c1-18-11-4-10(5-12(19-2)13(11)20-3)21-14-15-6-9(8-17)7-16-14/h4-7,17H,8H2,1-3H3. The number of nitrogens with zero attached hydrogens (tertiary/aromatic N) is 2. The number of aliphatic hydroxyl groups excluding tert-OH is 1. The van der Waals surface area contributed by atoms with Crippen LogP contribution in [0.4, 0.5) is 0 Å². The Hall–Kier alpha value is -2.54. The summed E-state index contributed by atoms with van der Waals surface area (Å²) >= 11 is 0. The van der Waals surface area contributed by atoms with Crippen LogP contribution in [0, 0.1) is 0 Å². The lowest BCUT2D eigenvalue weighted by Gasteiger charge is -2.13. The van der Waals surface area contributed by atoms with Gasteiger partial charge in [-0.3, -0.25) is 0 Å². The summed E-state index contributed by atoms with van der Waals surface area (Å²) in [5, 5.41) is 8.94. The van der Waals surface area contributed by atoms with E-state index in [0.717, 1.165) is 0 Å². The average Bonchev–Trinajstić information content (AvgIpc) is 2.54. The first-order chi connectivity index (χ1) is 10.2. The molecule has 0 unspecified atom stereocenters. The monoisotopic (exact) mass is 292 g/mol. The largest absolute Gasteiger partial charge is 0.493 e. The van der Waals surface area contributed by atoms with Crippen molar-refractivity contribution in [2.24, 2.45) is 0 Å². The molecule has 0 atom stereocenters. The highest BCUT2D eigenvalue weighted by Gasteiger charge is 2.14. The molecule has 0 saturated carbocycles. The number of aromatic nitrogens is 2. The van der Waals surface area contributed by atoms with Gasteiger partial charge in [0.05, 0.1) is 27.9 Å². The van der Waals surface area contributed by atoms with Gasteiger partial charge < -0.3 is 24.1 Å². The Bertz CT molecular complexity index is 576. The molecule has 1 aromatic heterocycles. The van der Waals surface area contributed by atoms with Crippen LogP contribution in [-0.2, 0) is 6.61 Å². The fourth-order valence-corrected chi connectivity index (χ4v) is 1.70. The third-order valence-corrected chi connectivity index (χ3v) is 2.71. The smallest absolute Gasteiger partial charge is 0.321 e. The van der Waals surface area contributed by atoms with E-state index >= 15 is 0 Å². The highest BCUT2D eigenvalue weighted by molar-refractivity contribution is 5.56. The van der Waals surface area contributed by atoms with Crippen LogP contribution in [0.1, 0.15) is 5.56 Å². The van der Waals surface area contributed by atoms with Crippen molar-refractivity contribution in [3.63, 3.8) is 0 Å². The summed E-state index contributed by atoms with van der Waals surface area (Å²) in [6.45, 7) is -0.121. The molecule has 7 nitrogen and oxygen atoms in total. The van der Waals surface area contributed by atoms with Crippen LogP contribution < -0.4 is 18.9 Å². The minimum Gasteiger partial charge on any atom is -0.493 e. The second-order valence-corrected chi connectivity index (χ2v) is 4.00. The lowest BCUT2D eigenvalue weighted by molar-refractivity contribution is 0.280. The van der Waals surface area contributed by atoms with Gasteiger partial charge in [-0.2, -0.15) is 0 Å². The van der Waals surface area contributed by atoms with Crippen LogP contribution in [0.15, 0.2) is 24.5 Å². The fraction of sp³-hybridized carbons (Fsp3) is 0.286. The van der Waals surface area contributed by atoms with Gasteiger partial charge in [-0.15, -0.1) is 0 Å². The summed E-state index contributed by atoms with van der Waals surface area (Å²) in [5.74, 6) is 1.86. The molecule has 2 aromatic rings. The Balaban J connectivity index is 2.30. The van der Waals surface area contributed by atoms with Crippen molar-refractivity contribution in [3.8, 4) is 29.0 Å². The predicted octanol–water partition coefficient (Wildman–Crippen LogP) is 1.79. The highest BCUT2D eigenvalue weighted by atomic mass is 16.5. The normalized spacial score (nSPS) is 10.1. The number of benzene rings is 1. The topological polar surface area (TPSA) is 82.9 Å². The van der Waals surface area contributed by atoms with Crippen molar-refractivity contribution in [1.82, 2.24) is 9.97 Å². The van der Waals surface area contributed by atoms with Gasteiger partial charge >= 0.3 is 6.01 Å². The van der Waals surface area contributed by atoms with E-state index in [1.54, 1.807) is 12.1 Å². The predicted molar refractivity (Wildman–Crippen MR) is 74.1 cm³/mol. The molecule has 0 aliphatic carbocycles. The summed E-state index contributed by atoms with van der Waals surface area (Å²) in [4.78, 5) is 7.98. The van der Waals surface area contributed by atoms with Gasteiger partial charge in [-0.05, 0) is 0 Å². The summed E-state index contributed by atoms with van der Waals surface area (Å²) in [5.41, 5.74) is 0.604. The van der Waals surface area contributed by atoms with E-state index in [2.05, 4.69) is 9.97 Å². The Morgan fingerprint density at radius 2 is 1.52 bits per heavy atom. The minimum absolute atomic E-state index is 0.121. The number of rotatable bonds is 6. The van der Waals surface area contributed by atoms with E-state index in [9.17, 15) is 0 Å². The van der Waals surface area contributed by atoms with Crippen LogP contribution in [0.3, 0.4) is 0 Å². The lowest BCUT2D eigenvalue weighted by Crippen LogP contribution is -1.98. The zero-order valence-corrected chi connectivity index (χ0v) is 12.0. The summed E-state index contributed by atoms with van der Waals surface area (Å²) in [6, 6.07) is 3.44. The molecular formula is C14H16N2O5. The van der Waals surface area contributed by atoms with Crippen molar-refractivity contribution >= 4 is 0 Å². The molecular weight excluding hydrogens is 276 g/mol. The van der Waals surface area contributed by atoms with Crippen molar-refractivity contribution in [2.45, 2.75) is 6.61 Å². The molecule has 0 fully saturated rings. The number of hydrogen-bond acceptors (Lipinski definition) is 7. The fourth-order valence-electron chi connectivity index (χ4n) is 1.70. The van der Waals surface area contributed by atoms with E-state index < -0.39 is 0 Å². The Morgan fingerprint density at radius 3 is 1.95 bits per heavy atom. The van der Waals surface area contributed by atoms with Crippen LogP contribution in [0.5, 0.6) is 29.0 Å². The number of hydrogen-bond donors (Lipinski definition) is 1. The number of ether oxygens (including phenoxy) is 4. The second-order valence-electron chi connectivity index (χ2n) is 4.00. The molecule has 0 amide bonds. The Kier molecular flexibility index (Phi) is 4.78. The van der Waals surface area contributed by atoms with Crippen molar-refractivity contribution in [2.75, 3.05) is 21.3 Å². The molecule has 112 valence electrons. The van der Waals surface area contributed by atoms with Crippen molar-refractivity contribution in [1.29, 1.82) is 0 Å². The average molecular weight is 292 g/mol. The van der Waals surface area contributed by atoms with Gasteiger partial charge in [0.15, 0.2) is 11.5 Å². The maximum Gasteiger partial charge on any atom is 0.321 e. The van der Waals surface area contributed by atoms with Gasteiger partial charge in [0.1, 0.15) is 5.75 Å². The van der Waals surface area contributed by atoms with Gasteiger partial charge in [0.25, 0.3) is 0 Å². The Morgan fingerprint density at radius 1 is 0.952 bits per heavy atom. The van der Waals surface area contributed by atoms with Gasteiger partial charge in [0.2, 0.25) is 5.75 Å². The number of aliphatic hydroxyl groups is 1. The first-order valence-corrected chi connectivity index (χ1v) is 6.11. The molecule has 1 N–H and O–H groups in total. The van der Waals surface area contributed by atoms with Gasteiger partial charge in [-0.1, -0.05) is 0 Å². The van der Waals surface area contributed by atoms with Crippen LogP contribution in [0.25, 0.3) is 0 Å². The molecule has 0 aliphatic heterocycles. The molecule has 7 heteroatoms. The van der Waals surface area contributed by atoms with Crippen LogP contribution >= 0.6 is 0 Å². The summed E-state index contributed by atoms with van der Waals surface area (Å²) in [7, 11) is 4.57. The van der Waals surface area contributed by atoms with E-state index in [-0.39, 0.29) is 12.6 Å². The van der Waals surface area contributed by atoms with Crippen molar-refractivity contribution in [3.05, 3.63) is 30.1 Å². The zero-order valence-electron chi connectivity index (χ0n) is 12.0. The molecule has 0 radical (unpaired) electrons. The first kappa shape index (κ1) is 14.9. The SMILES string of the molecule is COc1cc(Oc2ncc(CO)cn2)cc(OC)c1OC. The van der Waals surface area contributed by atoms with E-state index in [4.69, 9.17) is 24.1 Å². The summed E-state index contributed by atoms with van der Waals surface area (Å²) < 4.78 is 21.2. The maximum atomic E-state index is 8.94. The third kappa shape index (κ3) is 3.32. The first-order valence-electron chi connectivity index (χ1n) is 6.11. The molecule has 0 spiro atoms. The molecule has 0 bridgehead atoms. The molecule has 21 heavy (non-hydrogen) atoms. The zero-order chi connectivity index (χ0) is 15.2. The lowest BCUT2D eigenvalue weighted by atomic mass is 10.2. The van der Waals surface area contributed by atoms with E-state index in [1.807, 2.05) is 0 Å². The second kappa shape index (κ2) is 6.76. The van der Waals surface area contributed by atoms with E-state index in [0.29, 0.717) is 28.6 Å². The maximum absolute atomic E-state index is 8.94.